The Balaban J connectivity index is 2.26. The second-order valence-electron chi connectivity index (χ2n) is 3.60. The van der Waals surface area contributed by atoms with Gasteiger partial charge in [0.25, 0.3) is 0 Å². The zero-order valence-corrected chi connectivity index (χ0v) is 11.6. The number of aromatic nitrogens is 1. The van der Waals surface area contributed by atoms with Crippen LogP contribution in [0.3, 0.4) is 0 Å². The van der Waals surface area contributed by atoms with Crippen molar-refractivity contribution < 1.29 is 13.2 Å². The van der Waals surface area contributed by atoms with Crippen LogP contribution in [0.1, 0.15) is 11.3 Å². The molecule has 19 heavy (non-hydrogen) atoms. The van der Waals surface area contributed by atoms with Gasteiger partial charge in [0.1, 0.15) is 0 Å². The molecule has 0 radical (unpaired) electrons. The molecule has 0 amide bonds. The maximum absolute atomic E-state index is 12.7. The molecule has 0 atom stereocenters. The van der Waals surface area contributed by atoms with E-state index in [2.05, 4.69) is 10.3 Å². The Morgan fingerprint density at radius 3 is 2.63 bits per heavy atom. The lowest BCUT2D eigenvalue weighted by molar-refractivity contribution is -0.137. The van der Waals surface area contributed by atoms with Crippen LogP contribution in [0.2, 0.25) is 5.02 Å². The second kappa shape index (κ2) is 5.56. The molecule has 0 saturated heterocycles. The highest BCUT2D eigenvalue weighted by Gasteiger charge is 2.33. The fourth-order valence-electron chi connectivity index (χ4n) is 1.37. The van der Waals surface area contributed by atoms with E-state index in [-0.39, 0.29) is 16.6 Å². The molecule has 0 aliphatic rings. The van der Waals surface area contributed by atoms with Gasteiger partial charge in [0, 0.05) is 11.1 Å². The van der Waals surface area contributed by atoms with Gasteiger partial charge in [0.15, 0.2) is 5.13 Å². The van der Waals surface area contributed by atoms with Crippen LogP contribution in [-0.4, -0.2) is 4.98 Å². The van der Waals surface area contributed by atoms with E-state index in [4.69, 9.17) is 23.2 Å². The van der Waals surface area contributed by atoms with Gasteiger partial charge >= 0.3 is 6.18 Å². The number of nitrogens with zero attached hydrogens (tertiary/aromatic N) is 1. The van der Waals surface area contributed by atoms with E-state index in [1.165, 1.54) is 23.5 Å². The quantitative estimate of drug-likeness (QED) is 0.774. The second-order valence-corrected chi connectivity index (χ2v) is 5.13. The Morgan fingerprint density at radius 1 is 1.32 bits per heavy atom. The summed E-state index contributed by atoms with van der Waals surface area (Å²) in [5, 5.41) is 4.66. The van der Waals surface area contributed by atoms with Gasteiger partial charge in [-0.15, -0.1) is 22.9 Å². The Morgan fingerprint density at radius 2 is 2.05 bits per heavy atom. The Labute approximate surface area is 121 Å². The molecule has 102 valence electrons. The van der Waals surface area contributed by atoms with E-state index in [1.807, 2.05) is 0 Å². The van der Waals surface area contributed by atoms with Crippen molar-refractivity contribution in [2.24, 2.45) is 0 Å². The minimum atomic E-state index is -4.49. The SMILES string of the molecule is FC(F)(F)c1cc(Nc2nc(CCl)cs2)ccc1Cl. The third kappa shape index (κ3) is 3.52. The average Bonchev–Trinajstić information content (AvgIpc) is 2.78. The average molecular weight is 327 g/mol. The lowest BCUT2D eigenvalue weighted by Gasteiger charge is -2.11. The van der Waals surface area contributed by atoms with Crippen molar-refractivity contribution in [1.82, 2.24) is 4.98 Å². The van der Waals surface area contributed by atoms with E-state index in [1.54, 1.807) is 5.38 Å². The van der Waals surface area contributed by atoms with Crippen molar-refractivity contribution in [2.75, 3.05) is 5.32 Å². The predicted molar refractivity (Wildman–Crippen MR) is 71.4 cm³/mol. The molecule has 0 bridgehead atoms. The van der Waals surface area contributed by atoms with Crippen LogP contribution in [0.25, 0.3) is 0 Å². The first kappa shape index (κ1) is 14.4. The number of anilines is 2. The van der Waals surface area contributed by atoms with Crippen molar-refractivity contribution in [2.45, 2.75) is 12.1 Å². The van der Waals surface area contributed by atoms with Crippen LogP contribution in [-0.2, 0) is 12.1 Å². The monoisotopic (exact) mass is 326 g/mol. The van der Waals surface area contributed by atoms with E-state index < -0.39 is 11.7 Å². The molecule has 2 aromatic rings. The molecule has 0 aliphatic carbocycles. The molecule has 0 unspecified atom stereocenters. The lowest BCUT2D eigenvalue weighted by atomic mass is 10.2. The van der Waals surface area contributed by atoms with Gasteiger partial charge in [-0.1, -0.05) is 11.6 Å². The molecular formula is C11H7Cl2F3N2S. The zero-order chi connectivity index (χ0) is 14.0. The highest BCUT2D eigenvalue weighted by molar-refractivity contribution is 7.13. The number of rotatable bonds is 3. The van der Waals surface area contributed by atoms with E-state index in [0.29, 0.717) is 10.8 Å². The van der Waals surface area contributed by atoms with Crippen molar-refractivity contribution in [3.63, 3.8) is 0 Å². The molecule has 1 N–H and O–H groups in total. The summed E-state index contributed by atoms with van der Waals surface area (Å²) >= 11 is 12.4. The minimum Gasteiger partial charge on any atom is -0.332 e. The van der Waals surface area contributed by atoms with Crippen LogP contribution < -0.4 is 5.32 Å². The standard InChI is InChI=1S/C11H7Cl2F3N2S/c12-4-7-5-19-10(18-7)17-6-1-2-9(13)8(3-6)11(14,15)16/h1-3,5H,4H2,(H,17,18). The molecule has 0 spiro atoms. The van der Waals surface area contributed by atoms with Crippen molar-refractivity contribution >= 4 is 45.4 Å². The lowest BCUT2D eigenvalue weighted by Crippen LogP contribution is -2.06. The maximum Gasteiger partial charge on any atom is 0.417 e. The number of benzene rings is 1. The van der Waals surface area contributed by atoms with Gasteiger partial charge in [-0.3, -0.25) is 0 Å². The minimum absolute atomic E-state index is 0.257. The van der Waals surface area contributed by atoms with Crippen molar-refractivity contribution in [1.29, 1.82) is 0 Å². The largest absolute Gasteiger partial charge is 0.417 e. The third-order valence-corrected chi connectivity index (χ3v) is 3.62. The Bertz CT molecular complexity index is 584. The van der Waals surface area contributed by atoms with E-state index >= 15 is 0 Å². The van der Waals surface area contributed by atoms with E-state index in [0.717, 1.165) is 6.07 Å². The number of hydrogen-bond acceptors (Lipinski definition) is 3. The molecule has 0 saturated carbocycles. The van der Waals surface area contributed by atoms with Gasteiger partial charge in [-0.2, -0.15) is 13.2 Å². The molecule has 1 aromatic carbocycles. The smallest absolute Gasteiger partial charge is 0.332 e. The molecule has 0 aliphatic heterocycles. The fraction of sp³-hybridized carbons (Fsp3) is 0.182. The number of thiazole rings is 1. The summed E-state index contributed by atoms with van der Waals surface area (Å²) in [7, 11) is 0. The van der Waals surface area contributed by atoms with Crippen LogP contribution in [0, 0.1) is 0 Å². The number of nitrogens with one attached hydrogen (secondary N) is 1. The molecule has 0 fully saturated rings. The van der Waals surface area contributed by atoms with Crippen LogP contribution in [0.15, 0.2) is 23.6 Å². The van der Waals surface area contributed by atoms with Gasteiger partial charge in [-0.25, -0.2) is 4.98 Å². The summed E-state index contributed by atoms with van der Waals surface area (Å²) in [4.78, 5) is 4.10. The third-order valence-electron chi connectivity index (χ3n) is 2.21. The van der Waals surface area contributed by atoms with Gasteiger partial charge in [-0.05, 0) is 18.2 Å². The topological polar surface area (TPSA) is 24.9 Å². The van der Waals surface area contributed by atoms with Gasteiger partial charge < -0.3 is 5.32 Å². The number of hydrogen-bond donors (Lipinski definition) is 1. The molecule has 2 rings (SSSR count). The fourth-order valence-corrected chi connectivity index (χ4v) is 2.55. The molecular weight excluding hydrogens is 320 g/mol. The van der Waals surface area contributed by atoms with Crippen molar-refractivity contribution in [3.05, 3.63) is 39.9 Å². The van der Waals surface area contributed by atoms with Gasteiger partial charge in [0.2, 0.25) is 0 Å². The normalized spacial score (nSPS) is 11.6. The number of halogens is 5. The molecule has 8 heteroatoms. The molecule has 2 nitrogen and oxygen atoms in total. The Hall–Kier alpha value is -0.980. The summed E-state index contributed by atoms with van der Waals surface area (Å²) in [5.74, 6) is 0.257. The first-order valence-corrected chi connectivity index (χ1v) is 6.83. The first-order valence-electron chi connectivity index (χ1n) is 5.04. The molecule has 1 heterocycles. The summed E-state index contributed by atoms with van der Waals surface area (Å²) in [6.45, 7) is 0. The highest BCUT2D eigenvalue weighted by Crippen LogP contribution is 2.36. The summed E-state index contributed by atoms with van der Waals surface area (Å²) in [5.41, 5.74) is 0.0552. The Kier molecular flexibility index (Phi) is 4.23. The predicted octanol–water partition coefficient (Wildman–Crippen LogP) is 5.30. The summed E-state index contributed by atoms with van der Waals surface area (Å²) in [6.07, 6.45) is -4.49. The number of alkyl halides is 4. The van der Waals surface area contributed by atoms with Crippen molar-refractivity contribution in [3.8, 4) is 0 Å². The van der Waals surface area contributed by atoms with Crippen LogP contribution in [0.4, 0.5) is 24.0 Å². The summed E-state index contributed by atoms with van der Waals surface area (Å²) in [6, 6.07) is 3.60. The summed E-state index contributed by atoms with van der Waals surface area (Å²) < 4.78 is 38.1. The first-order chi connectivity index (χ1) is 8.90. The molecule has 1 aromatic heterocycles. The van der Waals surface area contributed by atoms with E-state index in [9.17, 15) is 13.2 Å². The van der Waals surface area contributed by atoms with Crippen LogP contribution >= 0.6 is 34.5 Å². The zero-order valence-electron chi connectivity index (χ0n) is 9.26. The van der Waals surface area contributed by atoms with Gasteiger partial charge in [0.05, 0.1) is 22.2 Å². The highest BCUT2D eigenvalue weighted by atomic mass is 35.5. The van der Waals surface area contributed by atoms with Crippen LogP contribution in [0.5, 0.6) is 0 Å². The maximum atomic E-state index is 12.7.